The fraction of sp³-hybridized carbons (Fsp3) is 0.486. The number of benzene rings is 3. The maximum atomic E-state index is 10.2. The summed E-state index contributed by atoms with van der Waals surface area (Å²) >= 11 is 0. The molecular formula is C35H47BO3. The average molecular weight is 527 g/mol. The Morgan fingerprint density at radius 2 is 1.49 bits per heavy atom. The molecule has 2 atom stereocenters. The lowest BCUT2D eigenvalue weighted by molar-refractivity contribution is 0.00578. The van der Waals surface area contributed by atoms with Crippen LogP contribution in [0.2, 0.25) is 0 Å². The molecule has 0 aromatic heterocycles. The first kappa shape index (κ1) is 29.6. The molecular weight excluding hydrogens is 479 g/mol. The third kappa shape index (κ3) is 5.62. The van der Waals surface area contributed by atoms with E-state index in [1.54, 1.807) is 0 Å². The van der Waals surface area contributed by atoms with Gasteiger partial charge in [0.15, 0.2) is 0 Å². The Morgan fingerprint density at radius 1 is 0.897 bits per heavy atom. The smallest absolute Gasteiger partial charge is 0.399 e. The predicted octanol–water partition coefficient (Wildman–Crippen LogP) is 8.35. The Morgan fingerprint density at radius 3 is 2.10 bits per heavy atom. The molecule has 208 valence electrons. The van der Waals surface area contributed by atoms with E-state index in [0.717, 1.165) is 36.7 Å². The lowest BCUT2D eigenvalue weighted by Crippen LogP contribution is -2.41. The van der Waals surface area contributed by atoms with Crippen LogP contribution in [0.5, 0.6) is 0 Å². The number of rotatable bonds is 5. The van der Waals surface area contributed by atoms with Crippen LogP contribution in [0.1, 0.15) is 92.2 Å². The molecule has 1 saturated heterocycles. The minimum atomic E-state index is -0.361. The second-order valence-corrected chi connectivity index (χ2v) is 12.5. The van der Waals surface area contributed by atoms with Gasteiger partial charge in [-0.3, -0.25) is 0 Å². The van der Waals surface area contributed by atoms with Crippen molar-refractivity contribution >= 4 is 23.4 Å². The van der Waals surface area contributed by atoms with Crippen LogP contribution in [0.25, 0.3) is 21.9 Å². The van der Waals surface area contributed by atoms with Gasteiger partial charge in [0, 0.05) is 0 Å². The molecule has 0 spiro atoms. The number of hydrogen-bond donors (Lipinski definition) is 1. The number of allylic oxidation sites excluding steroid dienone is 1. The summed E-state index contributed by atoms with van der Waals surface area (Å²) in [6.07, 6.45) is 4.29. The molecule has 4 heteroatoms. The molecule has 1 aliphatic carbocycles. The predicted molar refractivity (Wildman–Crippen MR) is 166 cm³/mol. The molecule has 1 saturated carbocycles. The third-order valence-corrected chi connectivity index (χ3v) is 9.22. The van der Waals surface area contributed by atoms with E-state index in [1.807, 2.05) is 13.8 Å². The lowest BCUT2D eigenvalue weighted by atomic mass is 9.62. The highest BCUT2D eigenvalue weighted by atomic mass is 16.7. The molecule has 1 N–H and O–H groups in total. The van der Waals surface area contributed by atoms with Crippen molar-refractivity contribution in [3.8, 4) is 11.1 Å². The van der Waals surface area contributed by atoms with E-state index in [2.05, 4.69) is 103 Å². The molecule has 0 bridgehead atoms. The first-order valence-electron chi connectivity index (χ1n) is 14.8. The summed E-state index contributed by atoms with van der Waals surface area (Å²) in [5.74, 6) is 0.607. The number of hydrogen-bond acceptors (Lipinski definition) is 3. The van der Waals surface area contributed by atoms with E-state index < -0.39 is 0 Å². The monoisotopic (exact) mass is 526 g/mol. The van der Waals surface area contributed by atoms with Crippen LogP contribution in [-0.4, -0.2) is 23.4 Å². The summed E-state index contributed by atoms with van der Waals surface area (Å²) in [4.78, 5) is 0. The lowest BCUT2D eigenvalue weighted by Gasteiger charge is -2.42. The molecule has 3 aromatic rings. The van der Waals surface area contributed by atoms with Crippen molar-refractivity contribution in [3.63, 3.8) is 0 Å². The summed E-state index contributed by atoms with van der Waals surface area (Å²) in [7, 11) is -0.361. The molecule has 0 radical (unpaired) electrons. The Balaban J connectivity index is 0.00000172. The van der Waals surface area contributed by atoms with E-state index in [-0.39, 0.29) is 30.3 Å². The fourth-order valence-corrected chi connectivity index (χ4v) is 6.48. The zero-order valence-corrected chi connectivity index (χ0v) is 25.4. The molecule has 0 amide bonds. The van der Waals surface area contributed by atoms with Gasteiger partial charge in [-0.25, -0.2) is 0 Å². The van der Waals surface area contributed by atoms with Gasteiger partial charge in [-0.15, -0.1) is 0 Å². The molecule has 2 aliphatic rings. The molecule has 3 nitrogen and oxygen atoms in total. The van der Waals surface area contributed by atoms with Gasteiger partial charge in [0.05, 0.1) is 17.8 Å². The Labute approximate surface area is 236 Å². The topological polar surface area (TPSA) is 38.7 Å². The van der Waals surface area contributed by atoms with E-state index in [4.69, 9.17) is 9.31 Å². The van der Waals surface area contributed by atoms with Gasteiger partial charge < -0.3 is 14.4 Å². The van der Waals surface area contributed by atoms with Crippen LogP contribution in [0, 0.1) is 5.92 Å². The van der Waals surface area contributed by atoms with E-state index in [1.165, 1.54) is 33.0 Å². The van der Waals surface area contributed by atoms with Crippen LogP contribution in [0.15, 0.2) is 66.7 Å². The number of aliphatic hydroxyl groups is 1. The van der Waals surface area contributed by atoms with Gasteiger partial charge >= 0.3 is 7.12 Å². The van der Waals surface area contributed by atoms with Gasteiger partial charge in [-0.05, 0) is 109 Å². The molecule has 1 aliphatic heterocycles. The average Bonchev–Trinajstić information content (AvgIpc) is 3.14. The van der Waals surface area contributed by atoms with Gasteiger partial charge in [0.2, 0.25) is 0 Å². The van der Waals surface area contributed by atoms with E-state index >= 15 is 0 Å². The molecule has 1 heterocycles. The fourth-order valence-electron chi connectivity index (χ4n) is 6.48. The van der Waals surface area contributed by atoms with Crippen molar-refractivity contribution < 1.29 is 14.4 Å². The Bertz CT molecular complexity index is 1320. The second kappa shape index (κ2) is 11.2. The van der Waals surface area contributed by atoms with Crippen LogP contribution in [0.4, 0.5) is 0 Å². The zero-order valence-electron chi connectivity index (χ0n) is 25.4. The third-order valence-electron chi connectivity index (χ3n) is 9.22. The van der Waals surface area contributed by atoms with Crippen molar-refractivity contribution in [1.29, 1.82) is 0 Å². The molecule has 39 heavy (non-hydrogen) atoms. The summed E-state index contributed by atoms with van der Waals surface area (Å²) < 4.78 is 12.5. The van der Waals surface area contributed by atoms with Gasteiger partial charge in [0.25, 0.3) is 0 Å². The van der Waals surface area contributed by atoms with Gasteiger partial charge in [-0.1, -0.05) is 88.4 Å². The van der Waals surface area contributed by atoms with E-state index in [0.29, 0.717) is 5.92 Å². The first-order chi connectivity index (χ1) is 18.5. The van der Waals surface area contributed by atoms with Gasteiger partial charge in [0.1, 0.15) is 0 Å². The zero-order chi connectivity index (χ0) is 28.6. The summed E-state index contributed by atoms with van der Waals surface area (Å²) in [5.41, 5.74) is 6.43. The van der Waals surface area contributed by atoms with Crippen molar-refractivity contribution in [2.75, 3.05) is 0 Å². The van der Waals surface area contributed by atoms with Crippen LogP contribution in [0.3, 0.4) is 0 Å². The standard InChI is InChI=1S/C33H41BO3.C2H6/c1-8-33(19-22(2)15-23(3)20-33)30-18-27(11-12-28(30)21-35)24-9-10-26-17-29(14-13-25(26)16-24)34-36-31(4,5)32(6,7)37-34;1-2/h9-14,16-18,23,35H,2,8,15,19-21H2,1,3-7H3;1-2H3. The van der Waals surface area contributed by atoms with Crippen LogP contribution >= 0.6 is 0 Å². The number of fused-ring (bicyclic) bond motifs is 1. The number of aliphatic hydroxyl groups excluding tert-OH is 1. The SMILES string of the molecule is C=C1CC(C)CC(CC)(c2cc(-c3ccc4cc(B5OC(C)(C)C(C)(C)O5)ccc4c3)ccc2CO)C1.CC. The van der Waals surface area contributed by atoms with E-state index in [9.17, 15) is 5.11 Å². The minimum absolute atomic E-state index is 0.0391. The Hall–Kier alpha value is -2.40. The van der Waals surface area contributed by atoms with Crippen LogP contribution in [-0.2, 0) is 21.3 Å². The molecule has 5 rings (SSSR count). The van der Waals surface area contributed by atoms with Crippen molar-refractivity contribution in [2.24, 2.45) is 5.92 Å². The Kier molecular flexibility index (Phi) is 8.52. The largest absolute Gasteiger partial charge is 0.494 e. The van der Waals surface area contributed by atoms with Crippen LogP contribution < -0.4 is 5.46 Å². The molecule has 3 aromatic carbocycles. The summed E-state index contributed by atoms with van der Waals surface area (Å²) in [6, 6.07) is 19.7. The first-order valence-corrected chi connectivity index (χ1v) is 14.8. The highest BCUT2D eigenvalue weighted by Crippen LogP contribution is 2.48. The van der Waals surface area contributed by atoms with Crippen molar-refractivity contribution in [3.05, 3.63) is 77.9 Å². The molecule has 2 unspecified atom stereocenters. The maximum absolute atomic E-state index is 10.2. The summed E-state index contributed by atoms with van der Waals surface area (Å²) in [5, 5.41) is 12.6. The quantitative estimate of drug-likeness (QED) is 0.268. The normalized spacial score (nSPS) is 24.0. The summed E-state index contributed by atoms with van der Waals surface area (Å²) in [6.45, 7) is 21.4. The minimum Gasteiger partial charge on any atom is -0.399 e. The van der Waals surface area contributed by atoms with Crippen molar-refractivity contribution in [2.45, 2.75) is 104 Å². The second-order valence-electron chi connectivity index (χ2n) is 12.5. The maximum Gasteiger partial charge on any atom is 0.494 e. The van der Waals surface area contributed by atoms with Crippen molar-refractivity contribution in [1.82, 2.24) is 0 Å². The molecule has 2 fully saturated rings. The highest BCUT2D eigenvalue weighted by Gasteiger charge is 2.51. The van der Waals surface area contributed by atoms with Gasteiger partial charge in [-0.2, -0.15) is 0 Å². The highest BCUT2D eigenvalue weighted by molar-refractivity contribution is 6.62.